The normalized spacial score (nSPS) is 11.9. The third-order valence-electron chi connectivity index (χ3n) is 2.72. The summed E-state index contributed by atoms with van der Waals surface area (Å²) in [5.74, 6) is 0.524. The van der Waals surface area contributed by atoms with Gasteiger partial charge in [0.2, 0.25) is 5.76 Å². The number of ether oxygens (including phenoxy) is 1. The molecule has 1 rings (SSSR count). The third kappa shape index (κ3) is 4.16. The van der Waals surface area contributed by atoms with Crippen molar-refractivity contribution in [3.8, 4) is 0 Å². The molecule has 18 heavy (non-hydrogen) atoms. The van der Waals surface area contributed by atoms with Crippen LogP contribution in [0, 0.1) is 5.41 Å². The predicted molar refractivity (Wildman–Crippen MR) is 69.2 cm³/mol. The standard InChI is InChI=1S/C13H22N2O3/c1-13(2,8-14)9-15(3)7-10-5-6-11(18-10)12(16)17-4/h5-6H,7-9,14H2,1-4H3. The highest BCUT2D eigenvalue weighted by molar-refractivity contribution is 5.86. The molecule has 1 heterocycles. The number of nitrogens with two attached hydrogens (primary N) is 1. The van der Waals surface area contributed by atoms with Crippen molar-refractivity contribution in [1.82, 2.24) is 4.90 Å². The molecule has 0 saturated carbocycles. The van der Waals surface area contributed by atoms with E-state index in [1.165, 1.54) is 7.11 Å². The molecule has 0 unspecified atom stereocenters. The van der Waals surface area contributed by atoms with Gasteiger partial charge >= 0.3 is 5.97 Å². The summed E-state index contributed by atoms with van der Waals surface area (Å²) < 4.78 is 10.00. The molecule has 0 aliphatic heterocycles. The van der Waals surface area contributed by atoms with E-state index in [0.717, 1.165) is 12.3 Å². The highest BCUT2D eigenvalue weighted by Gasteiger charge is 2.19. The van der Waals surface area contributed by atoms with Crippen molar-refractivity contribution in [2.75, 3.05) is 27.2 Å². The molecule has 0 atom stereocenters. The molecule has 0 radical (unpaired) electrons. The molecule has 0 amide bonds. The second-order valence-corrected chi connectivity index (χ2v) is 5.30. The van der Waals surface area contributed by atoms with Gasteiger partial charge in [-0.2, -0.15) is 0 Å². The van der Waals surface area contributed by atoms with Crippen LogP contribution in [0.5, 0.6) is 0 Å². The Bertz CT molecular complexity index is 399. The van der Waals surface area contributed by atoms with E-state index in [4.69, 9.17) is 10.2 Å². The molecule has 0 aromatic carbocycles. The molecule has 1 aromatic rings. The summed E-state index contributed by atoms with van der Waals surface area (Å²) in [7, 11) is 3.33. The summed E-state index contributed by atoms with van der Waals surface area (Å²) >= 11 is 0. The van der Waals surface area contributed by atoms with Gasteiger partial charge in [-0.05, 0) is 31.1 Å². The summed E-state index contributed by atoms with van der Waals surface area (Å²) in [5, 5.41) is 0. The monoisotopic (exact) mass is 254 g/mol. The van der Waals surface area contributed by atoms with Crippen molar-refractivity contribution >= 4 is 5.97 Å². The van der Waals surface area contributed by atoms with Crippen LogP contribution in [0.1, 0.15) is 30.2 Å². The van der Waals surface area contributed by atoms with Gasteiger partial charge in [-0.25, -0.2) is 4.79 Å². The minimum atomic E-state index is -0.453. The molecular weight excluding hydrogens is 232 g/mol. The number of hydrogen-bond donors (Lipinski definition) is 1. The van der Waals surface area contributed by atoms with Crippen LogP contribution in [0.4, 0.5) is 0 Å². The molecular formula is C13H22N2O3. The van der Waals surface area contributed by atoms with Crippen molar-refractivity contribution in [3.05, 3.63) is 23.7 Å². The van der Waals surface area contributed by atoms with E-state index in [0.29, 0.717) is 13.1 Å². The number of nitrogens with zero attached hydrogens (tertiary/aromatic N) is 1. The average molecular weight is 254 g/mol. The Balaban J connectivity index is 2.57. The molecule has 0 aliphatic rings. The summed E-state index contributed by atoms with van der Waals surface area (Å²) in [6, 6.07) is 3.42. The van der Waals surface area contributed by atoms with Crippen LogP contribution in [0.3, 0.4) is 0 Å². The highest BCUT2D eigenvalue weighted by Crippen LogP contribution is 2.17. The summed E-state index contributed by atoms with van der Waals surface area (Å²) in [5.41, 5.74) is 5.76. The lowest BCUT2D eigenvalue weighted by Gasteiger charge is -2.28. The van der Waals surface area contributed by atoms with Crippen molar-refractivity contribution in [3.63, 3.8) is 0 Å². The lowest BCUT2D eigenvalue weighted by molar-refractivity contribution is 0.0561. The molecule has 0 bridgehead atoms. The lowest BCUT2D eigenvalue weighted by atomic mass is 9.93. The van der Waals surface area contributed by atoms with E-state index in [1.54, 1.807) is 12.1 Å². The molecule has 1 aromatic heterocycles. The third-order valence-corrected chi connectivity index (χ3v) is 2.72. The van der Waals surface area contributed by atoms with Gasteiger partial charge in [0.25, 0.3) is 0 Å². The molecule has 5 nitrogen and oxygen atoms in total. The van der Waals surface area contributed by atoms with Gasteiger partial charge < -0.3 is 14.9 Å². The van der Waals surface area contributed by atoms with E-state index in [-0.39, 0.29) is 11.2 Å². The van der Waals surface area contributed by atoms with Gasteiger partial charge in [0, 0.05) is 6.54 Å². The van der Waals surface area contributed by atoms with Gasteiger partial charge in [-0.15, -0.1) is 0 Å². The fourth-order valence-electron chi connectivity index (χ4n) is 1.79. The van der Waals surface area contributed by atoms with Crippen LogP contribution in [-0.4, -0.2) is 38.1 Å². The number of hydrogen-bond acceptors (Lipinski definition) is 5. The summed E-state index contributed by atoms with van der Waals surface area (Å²) in [6.07, 6.45) is 0. The fourth-order valence-corrected chi connectivity index (χ4v) is 1.79. The molecule has 0 aliphatic carbocycles. The van der Waals surface area contributed by atoms with Crippen molar-refractivity contribution < 1.29 is 13.9 Å². The minimum Gasteiger partial charge on any atom is -0.463 e. The number of rotatable bonds is 6. The van der Waals surface area contributed by atoms with Crippen molar-refractivity contribution in [1.29, 1.82) is 0 Å². The summed E-state index contributed by atoms with van der Waals surface area (Å²) in [4.78, 5) is 13.4. The zero-order valence-electron chi connectivity index (χ0n) is 11.5. The van der Waals surface area contributed by atoms with Gasteiger partial charge in [0.05, 0.1) is 13.7 Å². The molecule has 2 N–H and O–H groups in total. The number of methoxy groups -OCH3 is 1. The Morgan fingerprint density at radius 2 is 2.17 bits per heavy atom. The van der Waals surface area contributed by atoms with Crippen molar-refractivity contribution in [2.24, 2.45) is 11.1 Å². The molecule has 5 heteroatoms. The Hall–Kier alpha value is -1.33. The molecule has 0 spiro atoms. The Kier molecular flexibility index (Phi) is 4.93. The Labute approximate surface area is 108 Å². The highest BCUT2D eigenvalue weighted by atomic mass is 16.5. The maximum atomic E-state index is 11.2. The second kappa shape index (κ2) is 6.02. The average Bonchev–Trinajstić information content (AvgIpc) is 2.75. The van der Waals surface area contributed by atoms with E-state index >= 15 is 0 Å². The smallest absolute Gasteiger partial charge is 0.373 e. The molecule has 102 valence electrons. The summed E-state index contributed by atoms with van der Waals surface area (Å²) in [6.45, 7) is 6.36. The maximum absolute atomic E-state index is 11.2. The zero-order valence-corrected chi connectivity index (χ0v) is 11.5. The lowest BCUT2D eigenvalue weighted by Crippen LogP contribution is -2.36. The first kappa shape index (κ1) is 14.7. The topological polar surface area (TPSA) is 68.7 Å². The maximum Gasteiger partial charge on any atom is 0.373 e. The van der Waals surface area contributed by atoms with E-state index in [9.17, 15) is 4.79 Å². The first-order valence-corrected chi connectivity index (χ1v) is 5.93. The van der Waals surface area contributed by atoms with Crippen LogP contribution >= 0.6 is 0 Å². The van der Waals surface area contributed by atoms with Crippen LogP contribution in [-0.2, 0) is 11.3 Å². The Morgan fingerprint density at radius 1 is 1.50 bits per heavy atom. The van der Waals surface area contributed by atoms with Crippen LogP contribution in [0.2, 0.25) is 0 Å². The van der Waals surface area contributed by atoms with Gasteiger partial charge in [-0.1, -0.05) is 13.8 Å². The van der Waals surface area contributed by atoms with Gasteiger partial charge in [0.15, 0.2) is 0 Å². The number of esters is 1. The number of carbonyl (C=O) groups is 1. The minimum absolute atomic E-state index is 0.0620. The van der Waals surface area contributed by atoms with Gasteiger partial charge in [-0.3, -0.25) is 4.90 Å². The van der Waals surface area contributed by atoms with E-state index < -0.39 is 5.97 Å². The number of furan rings is 1. The van der Waals surface area contributed by atoms with Crippen molar-refractivity contribution in [2.45, 2.75) is 20.4 Å². The quantitative estimate of drug-likeness (QED) is 0.779. The Morgan fingerprint density at radius 3 is 2.72 bits per heavy atom. The SMILES string of the molecule is COC(=O)c1ccc(CN(C)CC(C)(C)CN)o1. The zero-order chi connectivity index (χ0) is 13.8. The first-order valence-electron chi connectivity index (χ1n) is 5.93. The largest absolute Gasteiger partial charge is 0.463 e. The van der Waals surface area contributed by atoms with Crippen LogP contribution < -0.4 is 5.73 Å². The van der Waals surface area contributed by atoms with Gasteiger partial charge in [0.1, 0.15) is 5.76 Å². The van der Waals surface area contributed by atoms with Crippen LogP contribution in [0.25, 0.3) is 0 Å². The van der Waals surface area contributed by atoms with E-state index in [1.807, 2.05) is 7.05 Å². The fraction of sp³-hybridized carbons (Fsp3) is 0.615. The molecule has 0 saturated heterocycles. The molecule has 0 fully saturated rings. The van der Waals surface area contributed by atoms with E-state index in [2.05, 4.69) is 23.5 Å². The second-order valence-electron chi connectivity index (χ2n) is 5.30. The number of carbonyl (C=O) groups excluding carboxylic acids is 1. The van der Waals surface area contributed by atoms with Crippen LogP contribution in [0.15, 0.2) is 16.5 Å². The predicted octanol–water partition coefficient (Wildman–Crippen LogP) is 1.48. The first-order chi connectivity index (χ1) is 8.38.